The van der Waals surface area contributed by atoms with Gasteiger partial charge in [-0.15, -0.1) is 0 Å². The van der Waals surface area contributed by atoms with Crippen LogP contribution >= 0.6 is 11.8 Å². The van der Waals surface area contributed by atoms with Gasteiger partial charge in [0.15, 0.2) is 23.3 Å². The Kier molecular flexibility index (Phi) is 9.27. The number of carbonyl (C=O) groups is 2. The molecule has 1 aliphatic heterocycles. The van der Waals surface area contributed by atoms with Crippen molar-refractivity contribution in [1.29, 1.82) is 0 Å². The van der Waals surface area contributed by atoms with E-state index in [2.05, 4.69) is 5.32 Å². The Morgan fingerprint density at radius 3 is 2.28 bits per heavy atom. The number of aryl methyl sites for hydroxylation is 3. The van der Waals surface area contributed by atoms with E-state index in [1.54, 1.807) is 11.0 Å². The van der Waals surface area contributed by atoms with E-state index in [4.69, 9.17) is 14.5 Å². The summed E-state index contributed by atoms with van der Waals surface area (Å²) in [6, 6.07) is 28.7. The van der Waals surface area contributed by atoms with E-state index in [-0.39, 0.29) is 18.4 Å². The minimum absolute atomic E-state index is 0.161. The third-order valence-corrected chi connectivity index (χ3v) is 7.55. The molecule has 43 heavy (non-hydrogen) atoms. The summed E-state index contributed by atoms with van der Waals surface area (Å²) in [4.78, 5) is 33.2. The molecule has 1 heterocycles. The lowest BCUT2D eigenvalue weighted by atomic mass is 10.1. The minimum atomic E-state index is -0.274. The van der Waals surface area contributed by atoms with Crippen molar-refractivity contribution in [2.45, 2.75) is 27.7 Å². The van der Waals surface area contributed by atoms with Crippen LogP contribution in [0.5, 0.6) is 11.5 Å². The Balaban J connectivity index is 1.38. The van der Waals surface area contributed by atoms with Crippen LogP contribution in [0.3, 0.4) is 0 Å². The zero-order chi connectivity index (χ0) is 30.3. The molecular weight excluding hydrogens is 558 g/mol. The SMILES string of the molecule is CCOc1cc(/C=C2\SC(=Nc3ccc(C)cc3)N(c3ccc(C)cc3)C2=O)ccc1OCC(=O)Nc1cccc(C)c1. The lowest BCUT2D eigenvalue weighted by Gasteiger charge is -2.16. The summed E-state index contributed by atoms with van der Waals surface area (Å²) < 4.78 is 11.7. The summed E-state index contributed by atoms with van der Waals surface area (Å²) in [5.41, 5.74) is 6.29. The summed E-state index contributed by atoms with van der Waals surface area (Å²) in [5.74, 6) is 0.492. The van der Waals surface area contributed by atoms with Crippen molar-refractivity contribution < 1.29 is 19.1 Å². The first-order chi connectivity index (χ1) is 20.8. The van der Waals surface area contributed by atoms with Crippen LogP contribution in [0.1, 0.15) is 29.2 Å². The molecule has 0 atom stereocenters. The fraction of sp³-hybridized carbons (Fsp3) is 0.171. The molecule has 4 aromatic carbocycles. The fourth-order valence-corrected chi connectivity index (χ4v) is 5.42. The second kappa shape index (κ2) is 13.4. The van der Waals surface area contributed by atoms with E-state index in [1.165, 1.54) is 11.8 Å². The maximum Gasteiger partial charge on any atom is 0.271 e. The summed E-state index contributed by atoms with van der Waals surface area (Å²) in [6.45, 7) is 8.12. The number of benzene rings is 4. The minimum Gasteiger partial charge on any atom is -0.490 e. The molecule has 1 N–H and O–H groups in total. The molecule has 8 heteroatoms. The van der Waals surface area contributed by atoms with Gasteiger partial charge in [0.2, 0.25) is 0 Å². The highest BCUT2D eigenvalue weighted by atomic mass is 32.2. The van der Waals surface area contributed by atoms with Gasteiger partial charge in [-0.25, -0.2) is 4.99 Å². The summed E-state index contributed by atoms with van der Waals surface area (Å²) >= 11 is 1.32. The molecule has 0 radical (unpaired) electrons. The van der Waals surface area contributed by atoms with E-state index < -0.39 is 0 Å². The Morgan fingerprint density at radius 2 is 1.58 bits per heavy atom. The number of nitrogens with zero attached hydrogens (tertiary/aromatic N) is 2. The van der Waals surface area contributed by atoms with Crippen molar-refractivity contribution in [3.05, 3.63) is 118 Å². The smallest absolute Gasteiger partial charge is 0.271 e. The van der Waals surface area contributed by atoms with Gasteiger partial charge < -0.3 is 14.8 Å². The quantitative estimate of drug-likeness (QED) is 0.201. The van der Waals surface area contributed by atoms with Gasteiger partial charge in [-0.2, -0.15) is 0 Å². The molecule has 0 unspecified atom stereocenters. The number of amides is 2. The predicted octanol–water partition coefficient (Wildman–Crippen LogP) is 7.84. The zero-order valence-electron chi connectivity index (χ0n) is 24.6. The summed E-state index contributed by atoms with van der Waals surface area (Å²) in [6.07, 6.45) is 1.82. The van der Waals surface area contributed by atoms with Gasteiger partial charge in [-0.1, -0.05) is 53.6 Å². The molecule has 5 rings (SSSR count). The first-order valence-electron chi connectivity index (χ1n) is 14.0. The van der Waals surface area contributed by atoms with Crippen molar-refractivity contribution in [2.75, 3.05) is 23.4 Å². The second-order valence-electron chi connectivity index (χ2n) is 10.2. The summed E-state index contributed by atoms with van der Waals surface area (Å²) in [5, 5.41) is 3.42. The van der Waals surface area contributed by atoms with Crippen LogP contribution in [0.25, 0.3) is 6.08 Å². The Bertz CT molecular complexity index is 1700. The maximum atomic E-state index is 13.7. The molecule has 1 saturated heterocycles. The van der Waals surface area contributed by atoms with E-state index in [0.717, 1.165) is 33.6 Å². The van der Waals surface area contributed by atoms with Gasteiger partial charge >= 0.3 is 0 Å². The first kappa shape index (κ1) is 29.7. The molecule has 1 aliphatic rings. The molecule has 2 amide bonds. The molecule has 218 valence electrons. The predicted molar refractivity (Wildman–Crippen MR) is 175 cm³/mol. The lowest BCUT2D eigenvalue weighted by molar-refractivity contribution is -0.118. The highest BCUT2D eigenvalue weighted by molar-refractivity contribution is 8.19. The fourth-order valence-electron chi connectivity index (χ4n) is 4.42. The standard InChI is InChI=1S/C35H33N3O4S/c1-5-41-31-20-26(13-18-30(31)42-22-33(39)36-28-8-6-7-25(4)19-28)21-32-34(40)38(29-16-11-24(3)12-17-29)35(43-32)37-27-14-9-23(2)10-15-27/h6-21H,5,22H2,1-4H3,(H,36,39)/b32-21-,37-35?. The highest BCUT2D eigenvalue weighted by Crippen LogP contribution is 2.38. The van der Waals surface area contributed by atoms with E-state index >= 15 is 0 Å². The average Bonchev–Trinajstić information content (AvgIpc) is 3.28. The number of ether oxygens (including phenoxy) is 2. The molecule has 4 aromatic rings. The van der Waals surface area contributed by atoms with Gasteiger partial charge in [0.25, 0.3) is 11.8 Å². The second-order valence-corrected chi connectivity index (χ2v) is 11.2. The van der Waals surface area contributed by atoms with Gasteiger partial charge in [-0.05, 0) is 105 Å². The molecule has 0 aliphatic carbocycles. The first-order valence-corrected chi connectivity index (χ1v) is 14.8. The van der Waals surface area contributed by atoms with Crippen LogP contribution in [0.4, 0.5) is 17.1 Å². The van der Waals surface area contributed by atoms with Crippen molar-refractivity contribution in [2.24, 2.45) is 4.99 Å². The van der Waals surface area contributed by atoms with Gasteiger partial charge in [0.05, 0.1) is 22.9 Å². The number of nitrogens with one attached hydrogen (secondary N) is 1. The van der Waals surface area contributed by atoms with Crippen LogP contribution in [0, 0.1) is 20.8 Å². The number of hydrogen-bond acceptors (Lipinski definition) is 6. The topological polar surface area (TPSA) is 80.2 Å². The number of thioether (sulfide) groups is 1. The van der Waals surface area contributed by atoms with Crippen molar-refractivity contribution in [3.8, 4) is 11.5 Å². The number of aliphatic imine (C=N–C) groups is 1. The van der Waals surface area contributed by atoms with Crippen LogP contribution < -0.4 is 19.7 Å². The largest absolute Gasteiger partial charge is 0.490 e. The number of carbonyl (C=O) groups excluding carboxylic acids is 2. The third-order valence-electron chi connectivity index (χ3n) is 6.58. The Hall–Kier alpha value is -4.82. The molecule has 0 aromatic heterocycles. The molecule has 0 saturated carbocycles. The molecule has 7 nitrogen and oxygen atoms in total. The van der Waals surface area contributed by atoms with Gasteiger partial charge in [0, 0.05) is 5.69 Å². The zero-order valence-corrected chi connectivity index (χ0v) is 25.4. The van der Waals surface area contributed by atoms with Crippen LogP contribution in [0.15, 0.2) is 101 Å². The van der Waals surface area contributed by atoms with E-state index in [9.17, 15) is 9.59 Å². The van der Waals surface area contributed by atoms with Crippen molar-refractivity contribution >= 4 is 51.9 Å². The molecule has 0 spiro atoms. The number of hydrogen-bond donors (Lipinski definition) is 1. The van der Waals surface area contributed by atoms with Crippen LogP contribution in [-0.2, 0) is 9.59 Å². The normalized spacial score (nSPS) is 14.8. The lowest BCUT2D eigenvalue weighted by Crippen LogP contribution is -2.28. The monoisotopic (exact) mass is 591 g/mol. The number of anilines is 2. The van der Waals surface area contributed by atoms with Gasteiger partial charge in [0.1, 0.15) is 0 Å². The molecular formula is C35H33N3O4S. The van der Waals surface area contributed by atoms with Crippen LogP contribution in [0.2, 0.25) is 0 Å². The van der Waals surface area contributed by atoms with Gasteiger partial charge in [-0.3, -0.25) is 14.5 Å². The highest BCUT2D eigenvalue weighted by Gasteiger charge is 2.34. The molecule has 1 fully saturated rings. The Morgan fingerprint density at radius 1 is 0.860 bits per heavy atom. The van der Waals surface area contributed by atoms with E-state index in [0.29, 0.717) is 33.9 Å². The van der Waals surface area contributed by atoms with E-state index in [1.807, 2.05) is 119 Å². The van der Waals surface area contributed by atoms with Crippen LogP contribution in [-0.4, -0.2) is 30.2 Å². The van der Waals surface area contributed by atoms with Crippen molar-refractivity contribution in [1.82, 2.24) is 0 Å². The summed E-state index contributed by atoms with van der Waals surface area (Å²) in [7, 11) is 0. The number of rotatable bonds is 9. The Labute approximate surface area is 256 Å². The third kappa shape index (κ3) is 7.53. The number of amidine groups is 1. The average molecular weight is 592 g/mol. The van der Waals surface area contributed by atoms with Crippen molar-refractivity contribution in [3.63, 3.8) is 0 Å². The maximum absolute atomic E-state index is 13.7. The molecule has 0 bridgehead atoms.